The minimum Gasteiger partial charge on any atom is -0.298 e. The molecular formula is C22H42O3. The smallest absolute Gasteiger partial charge is 0.298 e. The van der Waals surface area contributed by atoms with Crippen LogP contribution in [0.25, 0.3) is 0 Å². The second-order valence-corrected chi connectivity index (χ2v) is 7.05. The molecule has 3 heteroatoms. The minimum absolute atomic E-state index is 0.251. The lowest BCUT2D eigenvalue weighted by Gasteiger charge is -2.04. The fourth-order valence-electron chi connectivity index (χ4n) is 2.92. The van der Waals surface area contributed by atoms with Crippen LogP contribution in [0.5, 0.6) is 0 Å². The standard InChI is InChI=1S/C22H42O3/c1-3-5-7-8-9-10-11-12-13-14-15-16-17-18-19-20-22(23)25-24-21-6-4-2/h4H,2-3,5-21H2,1H3. The molecule has 0 saturated heterocycles. The number of hydrogen-bond acceptors (Lipinski definition) is 3. The highest BCUT2D eigenvalue weighted by molar-refractivity contribution is 5.68. The Morgan fingerprint density at radius 2 is 1.20 bits per heavy atom. The van der Waals surface area contributed by atoms with Crippen LogP contribution in [-0.4, -0.2) is 12.6 Å². The van der Waals surface area contributed by atoms with E-state index in [1.807, 2.05) is 0 Å². The van der Waals surface area contributed by atoms with Gasteiger partial charge in [-0.3, -0.25) is 4.89 Å². The number of hydrogen-bond donors (Lipinski definition) is 0. The predicted molar refractivity (Wildman–Crippen MR) is 106 cm³/mol. The summed E-state index contributed by atoms with van der Waals surface area (Å²) in [6.07, 6.45) is 22.8. The van der Waals surface area contributed by atoms with Crippen molar-refractivity contribution >= 4 is 5.97 Å². The fourth-order valence-corrected chi connectivity index (χ4v) is 2.92. The molecular weight excluding hydrogens is 312 g/mol. The zero-order valence-corrected chi connectivity index (χ0v) is 16.7. The van der Waals surface area contributed by atoms with Gasteiger partial charge in [0.25, 0.3) is 0 Å². The first-order valence-electron chi connectivity index (χ1n) is 10.7. The van der Waals surface area contributed by atoms with Gasteiger partial charge in [-0.25, -0.2) is 4.79 Å². The third-order valence-electron chi connectivity index (χ3n) is 4.54. The van der Waals surface area contributed by atoms with E-state index in [1.165, 1.54) is 83.5 Å². The second kappa shape index (κ2) is 21.2. The van der Waals surface area contributed by atoms with E-state index in [0.717, 1.165) is 12.8 Å². The molecule has 0 heterocycles. The van der Waals surface area contributed by atoms with Gasteiger partial charge in [0.15, 0.2) is 0 Å². The summed E-state index contributed by atoms with van der Waals surface area (Å²) < 4.78 is 0. The summed E-state index contributed by atoms with van der Waals surface area (Å²) in [5, 5.41) is 0. The Labute approximate surface area is 156 Å². The van der Waals surface area contributed by atoms with Gasteiger partial charge in [-0.15, -0.1) is 6.58 Å². The maximum Gasteiger partial charge on any atom is 0.342 e. The van der Waals surface area contributed by atoms with E-state index in [2.05, 4.69) is 18.4 Å². The van der Waals surface area contributed by atoms with Crippen molar-refractivity contribution < 1.29 is 14.6 Å². The third kappa shape index (κ3) is 21.1. The number of rotatable bonds is 20. The summed E-state index contributed by atoms with van der Waals surface area (Å²) in [5.41, 5.74) is 0. The normalized spacial score (nSPS) is 10.8. The van der Waals surface area contributed by atoms with E-state index in [4.69, 9.17) is 4.89 Å². The molecule has 0 fully saturated rings. The Hall–Kier alpha value is -0.830. The van der Waals surface area contributed by atoms with Crippen LogP contribution in [0.4, 0.5) is 0 Å². The van der Waals surface area contributed by atoms with Crippen molar-refractivity contribution in [3.05, 3.63) is 12.7 Å². The highest BCUT2D eigenvalue weighted by Gasteiger charge is 2.03. The predicted octanol–water partition coefficient (Wildman–Crippen LogP) is 7.30. The lowest BCUT2D eigenvalue weighted by molar-refractivity contribution is -0.271. The molecule has 0 aromatic carbocycles. The largest absolute Gasteiger partial charge is 0.342 e. The van der Waals surface area contributed by atoms with E-state index < -0.39 is 0 Å². The molecule has 0 aliphatic carbocycles. The van der Waals surface area contributed by atoms with Gasteiger partial charge in [-0.2, -0.15) is 4.89 Å². The lowest BCUT2D eigenvalue weighted by Crippen LogP contribution is -2.05. The van der Waals surface area contributed by atoms with Crippen LogP contribution in [0.1, 0.15) is 116 Å². The van der Waals surface area contributed by atoms with Gasteiger partial charge in [-0.1, -0.05) is 103 Å². The van der Waals surface area contributed by atoms with Gasteiger partial charge in [-0.05, 0) is 12.8 Å². The maximum absolute atomic E-state index is 11.4. The van der Waals surface area contributed by atoms with Crippen LogP contribution < -0.4 is 0 Å². The highest BCUT2D eigenvalue weighted by Crippen LogP contribution is 2.13. The summed E-state index contributed by atoms with van der Waals surface area (Å²) in [7, 11) is 0. The average Bonchev–Trinajstić information content (AvgIpc) is 2.62. The molecule has 0 radical (unpaired) electrons. The monoisotopic (exact) mass is 354 g/mol. The number of carbonyl (C=O) groups is 1. The maximum atomic E-state index is 11.4. The molecule has 0 aliphatic rings. The summed E-state index contributed by atoms with van der Waals surface area (Å²) in [5.74, 6) is -0.251. The van der Waals surface area contributed by atoms with Gasteiger partial charge < -0.3 is 0 Å². The number of carbonyl (C=O) groups excluding carboxylic acids is 1. The Balaban J connectivity index is 3.09. The van der Waals surface area contributed by atoms with E-state index in [0.29, 0.717) is 19.4 Å². The zero-order valence-electron chi connectivity index (χ0n) is 16.7. The molecule has 148 valence electrons. The Morgan fingerprint density at radius 1 is 0.760 bits per heavy atom. The first kappa shape index (κ1) is 24.2. The zero-order chi connectivity index (χ0) is 18.4. The van der Waals surface area contributed by atoms with E-state index in [1.54, 1.807) is 6.08 Å². The second-order valence-electron chi connectivity index (χ2n) is 7.05. The fraction of sp³-hybridized carbons (Fsp3) is 0.864. The molecule has 0 amide bonds. The molecule has 0 bridgehead atoms. The van der Waals surface area contributed by atoms with Crippen LogP contribution in [0, 0.1) is 0 Å². The minimum atomic E-state index is -0.251. The molecule has 0 unspecified atom stereocenters. The summed E-state index contributed by atoms with van der Waals surface area (Å²) in [6.45, 7) is 6.25. The average molecular weight is 355 g/mol. The van der Waals surface area contributed by atoms with Gasteiger partial charge in [0.2, 0.25) is 0 Å². The van der Waals surface area contributed by atoms with Crippen molar-refractivity contribution in [2.45, 2.75) is 116 Å². The molecule has 0 aromatic rings. The number of unbranched alkanes of at least 4 members (excludes halogenated alkanes) is 14. The van der Waals surface area contributed by atoms with Crippen LogP contribution in [-0.2, 0) is 14.6 Å². The van der Waals surface area contributed by atoms with E-state index in [9.17, 15) is 4.79 Å². The van der Waals surface area contributed by atoms with Crippen LogP contribution >= 0.6 is 0 Å². The van der Waals surface area contributed by atoms with Crippen molar-refractivity contribution in [3.63, 3.8) is 0 Å². The van der Waals surface area contributed by atoms with E-state index in [-0.39, 0.29) is 5.97 Å². The molecule has 0 aliphatic heterocycles. The summed E-state index contributed by atoms with van der Waals surface area (Å²) in [4.78, 5) is 20.8. The molecule has 3 nitrogen and oxygen atoms in total. The molecule has 0 rings (SSSR count). The topological polar surface area (TPSA) is 35.5 Å². The van der Waals surface area contributed by atoms with Gasteiger partial charge >= 0.3 is 5.97 Å². The molecule has 0 aromatic heterocycles. The van der Waals surface area contributed by atoms with Gasteiger partial charge in [0.05, 0.1) is 6.61 Å². The van der Waals surface area contributed by atoms with E-state index >= 15 is 0 Å². The Morgan fingerprint density at radius 3 is 1.64 bits per heavy atom. The van der Waals surface area contributed by atoms with Crippen molar-refractivity contribution in [1.82, 2.24) is 0 Å². The molecule has 0 saturated carbocycles. The first-order valence-corrected chi connectivity index (χ1v) is 10.7. The summed E-state index contributed by atoms with van der Waals surface area (Å²) in [6, 6.07) is 0. The third-order valence-corrected chi connectivity index (χ3v) is 4.54. The quantitative estimate of drug-likeness (QED) is 0.0995. The van der Waals surface area contributed by atoms with Crippen molar-refractivity contribution in [2.75, 3.05) is 6.61 Å². The molecule has 0 spiro atoms. The molecule has 0 N–H and O–H groups in total. The molecule has 25 heavy (non-hydrogen) atoms. The van der Waals surface area contributed by atoms with Crippen molar-refractivity contribution in [3.8, 4) is 0 Å². The van der Waals surface area contributed by atoms with Crippen LogP contribution in [0.15, 0.2) is 12.7 Å². The van der Waals surface area contributed by atoms with Crippen LogP contribution in [0.2, 0.25) is 0 Å². The SMILES string of the molecule is C=CCCOOC(=O)CCCCCCCCCCCCCCCCC. The van der Waals surface area contributed by atoms with Gasteiger partial charge in [0, 0.05) is 6.42 Å². The summed E-state index contributed by atoms with van der Waals surface area (Å²) >= 11 is 0. The first-order chi connectivity index (χ1) is 12.3. The molecule has 0 atom stereocenters. The van der Waals surface area contributed by atoms with Crippen molar-refractivity contribution in [1.29, 1.82) is 0 Å². The Bertz CT molecular complexity index is 289. The highest BCUT2D eigenvalue weighted by atomic mass is 17.2. The van der Waals surface area contributed by atoms with Crippen LogP contribution in [0.3, 0.4) is 0 Å². The van der Waals surface area contributed by atoms with Crippen molar-refractivity contribution in [2.24, 2.45) is 0 Å². The lowest BCUT2D eigenvalue weighted by atomic mass is 10.0. The Kier molecular flexibility index (Phi) is 20.5. The van der Waals surface area contributed by atoms with Gasteiger partial charge in [0.1, 0.15) is 0 Å².